The minimum absolute atomic E-state index is 0.151. The Bertz CT molecular complexity index is 1050. The predicted octanol–water partition coefficient (Wildman–Crippen LogP) is 1.97. The molecule has 2 aromatic heterocycles. The van der Waals surface area contributed by atoms with Gasteiger partial charge >= 0.3 is 0 Å². The lowest BCUT2D eigenvalue weighted by molar-refractivity contribution is -0.134. The normalized spacial score (nSPS) is 17.8. The molecule has 0 unspecified atom stereocenters. The van der Waals surface area contributed by atoms with Crippen LogP contribution in [0.3, 0.4) is 0 Å². The summed E-state index contributed by atoms with van der Waals surface area (Å²) in [4.78, 5) is 39.9. The van der Waals surface area contributed by atoms with Crippen molar-refractivity contribution in [3.63, 3.8) is 0 Å². The highest BCUT2D eigenvalue weighted by molar-refractivity contribution is 5.81. The van der Waals surface area contributed by atoms with Gasteiger partial charge in [0.25, 0.3) is 5.56 Å². The summed E-state index contributed by atoms with van der Waals surface area (Å²) in [7, 11) is 1.80. The lowest BCUT2D eigenvalue weighted by Crippen LogP contribution is -2.51. The minimum Gasteiger partial charge on any atom is -0.341 e. The fraction of sp³-hybridized carbons (Fsp3) is 0.750. The molecule has 1 aliphatic carbocycles. The van der Waals surface area contributed by atoms with Crippen LogP contribution in [0.25, 0.3) is 11.0 Å². The Labute approximate surface area is 196 Å². The molecule has 0 atom stereocenters. The molecule has 9 heteroatoms. The quantitative estimate of drug-likeness (QED) is 0.684. The number of carbonyl (C=O) groups is 1. The number of piperazine rings is 1. The van der Waals surface area contributed by atoms with Gasteiger partial charge < -0.3 is 9.80 Å². The number of rotatable bonds is 7. The van der Waals surface area contributed by atoms with Crippen LogP contribution in [-0.2, 0) is 17.3 Å². The molecule has 0 radical (unpaired) electrons. The molecular formula is C24H39N7O2. The first-order valence-corrected chi connectivity index (χ1v) is 12.3. The van der Waals surface area contributed by atoms with Gasteiger partial charge in [0.1, 0.15) is 5.52 Å². The highest BCUT2D eigenvalue weighted by Gasteiger charge is 2.34. The van der Waals surface area contributed by atoms with Gasteiger partial charge in [-0.2, -0.15) is 5.10 Å². The molecule has 0 aromatic carbocycles. The highest BCUT2D eigenvalue weighted by atomic mass is 16.2. The fourth-order valence-electron chi connectivity index (χ4n) is 4.59. The fourth-order valence-corrected chi connectivity index (χ4v) is 4.59. The first-order chi connectivity index (χ1) is 15.5. The van der Waals surface area contributed by atoms with Crippen molar-refractivity contribution in [3.8, 4) is 0 Å². The van der Waals surface area contributed by atoms with Gasteiger partial charge in [0, 0.05) is 64.2 Å². The summed E-state index contributed by atoms with van der Waals surface area (Å²) in [5.41, 5.74) is 1.68. The summed E-state index contributed by atoms with van der Waals surface area (Å²) in [5.74, 6) is 1.68. The van der Waals surface area contributed by atoms with Gasteiger partial charge in [-0.05, 0) is 18.8 Å². The van der Waals surface area contributed by atoms with Crippen molar-refractivity contribution in [1.29, 1.82) is 0 Å². The number of amides is 1. The number of aromatic amines is 1. The molecule has 182 valence electrons. The van der Waals surface area contributed by atoms with Crippen molar-refractivity contribution in [3.05, 3.63) is 16.0 Å². The number of H-pyrrole nitrogens is 1. The first kappa shape index (κ1) is 23.7. The van der Waals surface area contributed by atoms with E-state index in [1.165, 1.54) is 0 Å². The van der Waals surface area contributed by atoms with E-state index in [0.717, 1.165) is 64.3 Å². The van der Waals surface area contributed by atoms with Crippen LogP contribution in [0.4, 0.5) is 5.95 Å². The van der Waals surface area contributed by atoms with Gasteiger partial charge in [-0.1, -0.05) is 34.6 Å². The van der Waals surface area contributed by atoms with E-state index in [2.05, 4.69) is 54.5 Å². The lowest BCUT2D eigenvalue weighted by Gasteiger charge is -2.36. The van der Waals surface area contributed by atoms with Crippen LogP contribution < -0.4 is 10.5 Å². The molecule has 0 spiro atoms. The largest absolute Gasteiger partial charge is 0.341 e. The van der Waals surface area contributed by atoms with Crippen molar-refractivity contribution in [2.45, 2.75) is 52.9 Å². The standard InChI is InChI=1S/C24H39N7O2/c1-16(2)15-31(14-11-29-9-12-30(13-10-29)22(33)17-7-8-17)23-25-18-19(21(32)26-23)28(6)27-20(18)24(3,4)5/h16-17H,7-15H2,1-6H3,(H,25,26,32). The van der Waals surface area contributed by atoms with Gasteiger partial charge in [-0.25, -0.2) is 4.98 Å². The second-order valence-electron chi connectivity index (χ2n) is 11.1. The zero-order chi connectivity index (χ0) is 23.9. The molecule has 9 nitrogen and oxygen atoms in total. The number of hydrogen-bond donors (Lipinski definition) is 1. The number of aromatic nitrogens is 4. The predicted molar refractivity (Wildman–Crippen MR) is 131 cm³/mol. The molecule has 2 fully saturated rings. The third-order valence-corrected chi connectivity index (χ3v) is 6.57. The van der Waals surface area contributed by atoms with Crippen molar-refractivity contribution in [2.24, 2.45) is 18.9 Å². The molecule has 1 aliphatic heterocycles. The van der Waals surface area contributed by atoms with Crippen molar-refractivity contribution in [2.75, 3.05) is 50.7 Å². The van der Waals surface area contributed by atoms with Gasteiger partial charge in [0.15, 0.2) is 5.52 Å². The van der Waals surface area contributed by atoms with Crippen molar-refractivity contribution >= 4 is 22.9 Å². The third-order valence-electron chi connectivity index (χ3n) is 6.57. The van der Waals surface area contributed by atoms with E-state index in [9.17, 15) is 9.59 Å². The van der Waals surface area contributed by atoms with Crippen LogP contribution in [0.5, 0.6) is 0 Å². The Hall–Kier alpha value is -2.42. The Morgan fingerprint density at radius 2 is 1.85 bits per heavy atom. The number of nitrogens with zero attached hydrogens (tertiary/aromatic N) is 6. The second kappa shape index (κ2) is 9.08. The molecule has 1 amide bonds. The maximum absolute atomic E-state index is 13.0. The van der Waals surface area contributed by atoms with Gasteiger partial charge in [-0.3, -0.25) is 24.2 Å². The van der Waals surface area contributed by atoms with Crippen LogP contribution >= 0.6 is 0 Å². The van der Waals surface area contributed by atoms with Crippen LogP contribution in [0.1, 0.15) is 53.2 Å². The van der Waals surface area contributed by atoms with Crippen LogP contribution in [-0.4, -0.2) is 81.3 Å². The number of carbonyl (C=O) groups excluding carboxylic acids is 1. The number of nitrogens with one attached hydrogen (secondary N) is 1. The molecule has 2 aliphatic rings. The molecule has 1 saturated heterocycles. The lowest BCUT2D eigenvalue weighted by atomic mass is 9.91. The van der Waals surface area contributed by atoms with Gasteiger partial charge in [0.2, 0.25) is 11.9 Å². The summed E-state index contributed by atoms with van der Waals surface area (Å²) in [6.45, 7) is 16.5. The highest BCUT2D eigenvalue weighted by Crippen LogP contribution is 2.31. The Kier molecular flexibility index (Phi) is 6.53. The monoisotopic (exact) mass is 457 g/mol. The van der Waals surface area contributed by atoms with E-state index in [4.69, 9.17) is 4.98 Å². The van der Waals surface area contributed by atoms with Crippen LogP contribution in [0, 0.1) is 11.8 Å². The maximum Gasteiger partial charge on any atom is 0.278 e. The van der Waals surface area contributed by atoms with Gasteiger partial charge in [0.05, 0.1) is 5.69 Å². The molecule has 33 heavy (non-hydrogen) atoms. The summed E-state index contributed by atoms with van der Waals surface area (Å²) >= 11 is 0. The molecule has 2 aromatic rings. The molecule has 4 rings (SSSR count). The Balaban J connectivity index is 1.50. The molecule has 3 heterocycles. The Morgan fingerprint density at radius 3 is 2.42 bits per heavy atom. The van der Waals surface area contributed by atoms with E-state index >= 15 is 0 Å². The molecule has 0 bridgehead atoms. The zero-order valence-corrected chi connectivity index (χ0v) is 21.0. The van der Waals surface area contributed by atoms with E-state index in [-0.39, 0.29) is 11.0 Å². The van der Waals surface area contributed by atoms with E-state index in [1.54, 1.807) is 11.7 Å². The summed E-state index contributed by atoms with van der Waals surface area (Å²) in [6.07, 6.45) is 2.12. The van der Waals surface area contributed by atoms with Crippen molar-refractivity contribution in [1.82, 2.24) is 29.5 Å². The molecule has 1 N–H and O–H groups in total. The number of hydrogen-bond acceptors (Lipinski definition) is 6. The minimum atomic E-state index is -0.210. The maximum atomic E-state index is 13.0. The topological polar surface area (TPSA) is 90.4 Å². The smallest absolute Gasteiger partial charge is 0.278 e. The SMILES string of the molecule is CC(C)CN(CCN1CCN(C(=O)C2CC2)CC1)c1nc2c(C(C)(C)C)nn(C)c2c(=O)[nH]1. The van der Waals surface area contributed by atoms with Crippen molar-refractivity contribution < 1.29 is 4.79 Å². The van der Waals surface area contributed by atoms with E-state index in [1.807, 2.05) is 4.90 Å². The Morgan fingerprint density at radius 1 is 1.18 bits per heavy atom. The number of fused-ring (bicyclic) bond motifs is 1. The van der Waals surface area contributed by atoms with Crippen LogP contribution in [0.15, 0.2) is 4.79 Å². The number of anilines is 1. The second-order valence-corrected chi connectivity index (χ2v) is 11.1. The van der Waals surface area contributed by atoms with E-state index < -0.39 is 0 Å². The van der Waals surface area contributed by atoms with Crippen LogP contribution in [0.2, 0.25) is 0 Å². The molecule has 1 saturated carbocycles. The average molecular weight is 458 g/mol. The number of aryl methyl sites for hydroxylation is 1. The molecular weight excluding hydrogens is 418 g/mol. The first-order valence-electron chi connectivity index (χ1n) is 12.3. The summed E-state index contributed by atoms with van der Waals surface area (Å²) in [5, 5.41) is 4.62. The third kappa shape index (κ3) is 5.23. The average Bonchev–Trinajstić information content (AvgIpc) is 3.53. The summed E-state index contributed by atoms with van der Waals surface area (Å²) < 4.78 is 1.64. The van der Waals surface area contributed by atoms with Gasteiger partial charge in [-0.15, -0.1) is 0 Å². The van der Waals surface area contributed by atoms with E-state index in [0.29, 0.717) is 34.7 Å². The zero-order valence-electron chi connectivity index (χ0n) is 21.0. The summed E-state index contributed by atoms with van der Waals surface area (Å²) in [6, 6.07) is 0.